The molecule has 2 aliphatic heterocycles. The molecule has 0 aromatic heterocycles. The van der Waals surface area contributed by atoms with E-state index in [4.69, 9.17) is 0 Å². The Morgan fingerprint density at radius 1 is 1.21 bits per heavy atom. The van der Waals surface area contributed by atoms with Gasteiger partial charge in [0, 0.05) is 24.7 Å². The lowest BCUT2D eigenvalue weighted by atomic mass is 9.84. The van der Waals surface area contributed by atoms with Crippen LogP contribution in [0.3, 0.4) is 0 Å². The fourth-order valence-corrected chi connectivity index (χ4v) is 3.21. The first-order valence-corrected chi connectivity index (χ1v) is 7.33. The Balaban J connectivity index is 2.08. The second-order valence-electron chi connectivity index (χ2n) is 5.93. The van der Waals surface area contributed by atoms with E-state index in [-0.39, 0.29) is 0 Å². The van der Waals surface area contributed by atoms with Gasteiger partial charge in [-0.3, -0.25) is 4.99 Å². The fraction of sp³-hybridized carbons (Fsp3) is 0.562. The Bertz CT molecular complexity index is 517. The second-order valence-corrected chi connectivity index (χ2v) is 5.93. The Morgan fingerprint density at radius 2 is 2.05 bits per heavy atom. The van der Waals surface area contributed by atoms with Crippen molar-refractivity contribution in [2.45, 2.75) is 39.0 Å². The van der Waals surface area contributed by atoms with Gasteiger partial charge in [0.25, 0.3) is 0 Å². The van der Waals surface area contributed by atoms with Gasteiger partial charge in [0.05, 0.1) is 6.54 Å². The number of nitrogens with zero attached hydrogens (tertiary/aromatic N) is 1. The summed E-state index contributed by atoms with van der Waals surface area (Å²) in [7, 11) is 0. The highest BCUT2D eigenvalue weighted by molar-refractivity contribution is 5.92. The third-order valence-electron chi connectivity index (χ3n) is 4.11. The SMILES string of the molecule is Cc1cc(C(C)C)c2c(c1)C(C1=NCCN1)CCN2. The van der Waals surface area contributed by atoms with Crippen molar-refractivity contribution in [2.75, 3.05) is 25.0 Å². The van der Waals surface area contributed by atoms with Crippen molar-refractivity contribution < 1.29 is 0 Å². The molecular weight excluding hydrogens is 234 g/mol. The zero-order valence-electron chi connectivity index (χ0n) is 12.1. The van der Waals surface area contributed by atoms with Crippen LogP contribution in [0.5, 0.6) is 0 Å². The van der Waals surface area contributed by atoms with Crippen LogP contribution >= 0.6 is 0 Å². The molecule has 1 atom stereocenters. The first-order chi connectivity index (χ1) is 9.16. The maximum Gasteiger partial charge on any atom is 0.104 e. The smallest absolute Gasteiger partial charge is 0.104 e. The third kappa shape index (κ3) is 2.22. The Morgan fingerprint density at radius 3 is 2.74 bits per heavy atom. The molecule has 19 heavy (non-hydrogen) atoms. The average Bonchev–Trinajstić information content (AvgIpc) is 2.90. The Labute approximate surface area is 115 Å². The number of benzene rings is 1. The maximum absolute atomic E-state index is 4.64. The number of anilines is 1. The van der Waals surface area contributed by atoms with Crippen molar-refractivity contribution in [1.29, 1.82) is 0 Å². The molecule has 2 heterocycles. The van der Waals surface area contributed by atoms with Gasteiger partial charge >= 0.3 is 0 Å². The lowest BCUT2D eigenvalue weighted by Crippen LogP contribution is -2.31. The third-order valence-corrected chi connectivity index (χ3v) is 4.11. The summed E-state index contributed by atoms with van der Waals surface area (Å²) in [5.74, 6) is 2.21. The summed E-state index contributed by atoms with van der Waals surface area (Å²) in [5.41, 5.74) is 5.59. The lowest BCUT2D eigenvalue weighted by molar-refractivity contribution is 0.742. The van der Waals surface area contributed by atoms with Crippen molar-refractivity contribution in [1.82, 2.24) is 5.32 Å². The monoisotopic (exact) mass is 257 g/mol. The van der Waals surface area contributed by atoms with Gasteiger partial charge in [-0.1, -0.05) is 31.5 Å². The molecule has 0 fully saturated rings. The molecule has 0 spiro atoms. The van der Waals surface area contributed by atoms with E-state index in [0.717, 1.165) is 26.1 Å². The van der Waals surface area contributed by atoms with Gasteiger partial charge in [0.1, 0.15) is 5.84 Å². The van der Waals surface area contributed by atoms with Gasteiger partial charge in [-0.15, -0.1) is 0 Å². The summed E-state index contributed by atoms with van der Waals surface area (Å²) in [6.45, 7) is 9.70. The van der Waals surface area contributed by atoms with Crippen LogP contribution in [0.1, 0.15) is 48.8 Å². The minimum absolute atomic E-state index is 0.455. The van der Waals surface area contributed by atoms with E-state index in [2.05, 4.69) is 48.5 Å². The van der Waals surface area contributed by atoms with Crippen molar-refractivity contribution >= 4 is 11.5 Å². The predicted molar refractivity (Wildman–Crippen MR) is 81.4 cm³/mol. The predicted octanol–water partition coefficient (Wildman–Crippen LogP) is 3.02. The normalized spacial score (nSPS) is 21.7. The fourth-order valence-electron chi connectivity index (χ4n) is 3.21. The van der Waals surface area contributed by atoms with Crippen LogP contribution in [0.4, 0.5) is 5.69 Å². The molecule has 2 aliphatic rings. The number of hydrogen-bond donors (Lipinski definition) is 2. The molecule has 3 rings (SSSR count). The van der Waals surface area contributed by atoms with Crippen LogP contribution in [0.15, 0.2) is 17.1 Å². The largest absolute Gasteiger partial charge is 0.385 e. The zero-order chi connectivity index (χ0) is 13.4. The number of hydrogen-bond acceptors (Lipinski definition) is 3. The Hall–Kier alpha value is -1.51. The molecule has 2 N–H and O–H groups in total. The minimum atomic E-state index is 0.455. The van der Waals surface area contributed by atoms with Crippen LogP contribution in [0.2, 0.25) is 0 Å². The first kappa shape index (κ1) is 12.5. The summed E-state index contributed by atoms with van der Waals surface area (Å²) in [5, 5.41) is 7.07. The first-order valence-electron chi connectivity index (χ1n) is 7.33. The van der Waals surface area contributed by atoms with Crippen LogP contribution < -0.4 is 10.6 Å². The second kappa shape index (κ2) is 4.87. The molecule has 0 aliphatic carbocycles. The highest BCUT2D eigenvalue weighted by Gasteiger charge is 2.28. The van der Waals surface area contributed by atoms with Crippen molar-refractivity contribution in [3.63, 3.8) is 0 Å². The van der Waals surface area contributed by atoms with Crippen LogP contribution in [-0.4, -0.2) is 25.5 Å². The standard InChI is InChI=1S/C16H23N3/c1-10(2)13-8-11(3)9-14-12(4-5-17-15(13)14)16-18-6-7-19-16/h8-10,12,17H,4-7H2,1-3H3,(H,18,19). The molecule has 1 aromatic carbocycles. The molecule has 1 unspecified atom stereocenters. The molecule has 102 valence electrons. The summed E-state index contributed by atoms with van der Waals surface area (Å²) in [6.07, 6.45) is 1.14. The summed E-state index contributed by atoms with van der Waals surface area (Å²) in [6, 6.07) is 4.66. The van der Waals surface area contributed by atoms with Gasteiger partial charge in [-0.2, -0.15) is 0 Å². The molecule has 3 nitrogen and oxygen atoms in total. The highest BCUT2D eigenvalue weighted by Crippen LogP contribution is 2.38. The summed E-state index contributed by atoms with van der Waals surface area (Å²) < 4.78 is 0. The molecule has 0 saturated carbocycles. The van der Waals surface area contributed by atoms with Crippen molar-refractivity contribution in [3.05, 3.63) is 28.8 Å². The van der Waals surface area contributed by atoms with Crippen LogP contribution in [0.25, 0.3) is 0 Å². The summed E-state index contributed by atoms with van der Waals surface area (Å²) in [4.78, 5) is 4.64. The maximum atomic E-state index is 4.64. The summed E-state index contributed by atoms with van der Waals surface area (Å²) >= 11 is 0. The van der Waals surface area contributed by atoms with E-state index < -0.39 is 0 Å². The van der Waals surface area contributed by atoms with Gasteiger partial charge in [-0.25, -0.2) is 0 Å². The van der Waals surface area contributed by atoms with Gasteiger partial charge < -0.3 is 10.6 Å². The van der Waals surface area contributed by atoms with Crippen LogP contribution in [-0.2, 0) is 0 Å². The van der Waals surface area contributed by atoms with Gasteiger partial charge in [0.2, 0.25) is 0 Å². The van der Waals surface area contributed by atoms with E-state index in [0.29, 0.717) is 11.8 Å². The van der Waals surface area contributed by atoms with Crippen molar-refractivity contribution in [2.24, 2.45) is 4.99 Å². The van der Waals surface area contributed by atoms with Crippen molar-refractivity contribution in [3.8, 4) is 0 Å². The minimum Gasteiger partial charge on any atom is -0.385 e. The number of rotatable bonds is 2. The average molecular weight is 257 g/mol. The molecular formula is C16H23N3. The number of fused-ring (bicyclic) bond motifs is 1. The number of nitrogens with one attached hydrogen (secondary N) is 2. The molecule has 3 heteroatoms. The molecule has 0 bridgehead atoms. The van der Waals surface area contributed by atoms with E-state index in [1.54, 1.807) is 0 Å². The zero-order valence-corrected chi connectivity index (χ0v) is 12.1. The van der Waals surface area contributed by atoms with E-state index in [1.165, 1.54) is 28.2 Å². The molecule has 0 amide bonds. The van der Waals surface area contributed by atoms with Crippen LogP contribution in [0, 0.1) is 6.92 Å². The Kier molecular flexibility index (Phi) is 3.21. The number of aryl methyl sites for hydroxylation is 1. The molecule has 0 radical (unpaired) electrons. The van der Waals surface area contributed by atoms with E-state index in [9.17, 15) is 0 Å². The quantitative estimate of drug-likeness (QED) is 0.854. The lowest BCUT2D eigenvalue weighted by Gasteiger charge is -2.30. The number of amidine groups is 1. The number of aliphatic imine (C=N–C) groups is 1. The van der Waals surface area contributed by atoms with E-state index >= 15 is 0 Å². The van der Waals surface area contributed by atoms with Gasteiger partial charge in [-0.05, 0) is 30.4 Å². The highest BCUT2D eigenvalue weighted by atomic mass is 15.1. The molecule has 0 saturated heterocycles. The van der Waals surface area contributed by atoms with E-state index in [1.807, 2.05) is 0 Å². The topological polar surface area (TPSA) is 36.4 Å². The van der Waals surface area contributed by atoms with Gasteiger partial charge in [0.15, 0.2) is 0 Å². The molecule has 1 aromatic rings.